The number of thiazole rings is 1. The predicted molar refractivity (Wildman–Crippen MR) is 150 cm³/mol. The van der Waals surface area contributed by atoms with Crippen LogP contribution in [0.3, 0.4) is 0 Å². The van der Waals surface area contributed by atoms with Gasteiger partial charge in [0, 0.05) is 17.8 Å². The van der Waals surface area contributed by atoms with E-state index in [1.165, 1.54) is 15.8 Å². The third kappa shape index (κ3) is 5.69. The zero-order valence-electron chi connectivity index (χ0n) is 20.9. The van der Waals surface area contributed by atoms with Gasteiger partial charge in [-0.3, -0.25) is 0 Å². The van der Waals surface area contributed by atoms with E-state index >= 15 is 0 Å². The van der Waals surface area contributed by atoms with Crippen molar-refractivity contribution in [2.45, 2.75) is 33.9 Å². The Morgan fingerprint density at radius 2 is 1.61 bits per heavy atom. The summed E-state index contributed by atoms with van der Waals surface area (Å²) in [6.07, 6.45) is 0. The van der Waals surface area contributed by atoms with Crippen LogP contribution in [0.2, 0.25) is 0 Å². The summed E-state index contributed by atoms with van der Waals surface area (Å²) in [6.45, 7) is 7.99. The van der Waals surface area contributed by atoms with Gasteiger partial charge in [0.2, 0.25) is 0 Å². The van der Waals surface area contributed by atoms with Crippen molar-refractivity contribution >= 4 is 27.2 Å². The molecular weight excluding hydrogens is 464 g/mol. The number of hydrogen-bond acceptors (Lipinski definition) is 5. The summed E-state index contributed by atoms with van der Waals surface area (Å²) in [6, 6.07) is 29.4. The third-order valence-corrected chi connectivity index (χ3v) is 7.02. The maximum Gasteiger partial charge on any atom is 0.161 e. The number of nitrogens with one attached hydrogen (secondary N) is 1. The first-order valence-corrected chi connectivity index (χ1v) is 13.0. The number of hydrogen-bond donors (Lipinski definition) is 1. The number of benzene rings is 4. The van der Waals surface area contributed by atoms with Crippen LogP contribution in [0, 0.1) is 13.8 Å². The molecule has 1 heterocycles. The van der Waals surface area contributed by atoms with Gasteiger partial charge in [0.25, 0.3) is 0 Å². The molecule has 1 aromatic heterocycles. The molecule has 0 amide bonds. The lowest BCUT2D eigenvalue weighted by Gasteiger charge is -2.14. The summed E-state index contributed by atoms with van der Waals surface area (Å²) in [5, 5.41) is 4.56. The standard InChI is InChI=1S/C31H30N2O2S/c1-4-34-29-18-23(9-15-28(29)35-20-24-7-5-6-21(2)16-24)19-32-26-12-10-25(11-13-26)31-33-27-14-8-22(3)17-30(27)36-31/h5-18,32H,4,19-20H2,1-3H3. The van der Waals surface area contributed by atoms with Crippen molar-refractivity contribution in [3.63, 3.8) is 0 Å². The number of aryl methyl sites for hydroxylation is 2. The molecule has 0 spiro atoms. The van der Waals surface area contributed by atoms with Crippen LogP contribution < -0.4 is 14.8 Å². The van der Waals surface area contributed by atoms with E-state index in [1.807, 2.05) is 13.0 Å². The first-order chi connectivity index (χ1) is 17.6. The van der Waals surface area contributed by atoms with Crippen LogP contribution in [-0.2, 0) is 13.2 Å². The van der Waals surface area contributed by atoms with E-state index in [1.54, 1.807) is 11.3 Å². The van der Waals surface area contributed by atoms with Crippen LogP contribution in [0.5, 0.6) is 11.5 Å². The summed E-state index contributed by atoms with van der Waals surface area (Å²) in [5.74, 6) is 1.53. The monoisotopic (exact) mass is 494 g/mol. The van der Waals surface area contributed by atoms with E-state index in [0.717, 1.165) is 44.4 Å². The largest absolute Gasteiger partial charge is 0.490 e. The van der Waals surface area contributed by atoms with Gasteiger partial charge in [0.15, 0.2) is 11.5 Å². The highest BCUT2D eigenvalue weighted by Gasteiger charge is 2.09. The SMILES string of the molecule is CCOc1cc(CNc2ccc(-c3nc4ccc(C)cc4s3)cc2)ccc1OCc1cccc(C)c1. The first kappa shape index (κ1) is 23.9. The minimum absolute atomic E-state index is 0.514. The summed E-state index contributed by atoms with van der Waals surface area (Å²) in [4.78, 5) is 4.79. The van der Waals surface area contributed by atoms with Gasteiger partial charge in [-0.05, 0) is 86.0 Å². The van der Waals surface area contributed by atoms with Crippen molar-refractivity contribution in [3.8, 4) is 22.1 Å². The second-order valence-electron chi connectivity index (χ2n) is 8.91. The van der Waals surface area contributed by atoms with E-state index in [0.29, 0.717) is 19.8 Å². The van der Waals surface area contributed by atoms with Crippen LogP contribution in [-0.4, -0.2) is 11.6 Å². The average Bonchev–Trinajstić information content (AvgIpc) is 3.31. The minimum atomic E-state index is 0.514. The van der Waals surface area contributed by atoms with Crippen LogP contribution in [0.1, 0.15) is 29.2 Å². The number of nitrogens with zero attached hydrogens (tertiary/aromatic N) is 1. The Balaban J connectivity index is 1.23. The summed E-state index contributed by atoms with van der Waals surface area (Å²) in [7, 11) is 0. The average molecular weight is 495 g/mol. The van der Waals surface area contributed by atoms with E-state index in [9.17, 15) is 0 Å². The lowest BCUT2D eigenvalue weighted by molar-refractivity contribution is 0.269. The summed E-state index contributed by atoms with van der Waals surface area (Å²) < 4.78 is 13.2. The zero-order chi connectivity index (χ0) is 24.9. The Labute approximate surface area is 216 Å². The van der Waals surface area contributed by atoms with Gasteiger partial charge in [-0.25, -0.2) is 4.98 Å². The van der Waals surface area contributed by atoms with Crippen LogP contribution >= 0.6 is 11.3 Å². The molecule has 4 aromatic carbocycles. The Kier molecular flexibility index (Phi) is 7.19. The molecule has 0 saturated heterocycles. The highest BCUT2D eigenvalue weighted by atomic mass is 32.1. The number of ether oxygens (including phenoxy) is 2. The molecular formula is C31H30N2O2S. The third-order valence-electron chi connectivity index (χ3n) is 5.96. The van der Waals surface area contributed by atoms with E-state index in [-0.39, 0.29) is 0 Å². The highest BCUT2D eigenvalue weighted by molar-refractivity contribution is 7.21. The second-order valence-corrected chi connectivity index (χ2v) is 9.94. The van der Waals surface area contributed by atoms with Crippen LogP contribution in [0.25, 0.3) is 20.8 Å². The van der Waals surface area contributed by atoms with Crippen LogP contribution in [0.4, 0.5) is 5.69 Å². The van der Waals surface area contributed by atoms with Gasteiger partial charge < -0.3 is 14.8 Å². The second kappa shape index (κ2) is 10.8. The molecule has 0 atom stereocenters. The molecule has 5 aromatic rings. The Morgan fingerprint density at radius 1 is 0.778 bits per heavy atom. The van der Waals surface area contributed by atoms with E-state index in [2.05, 4.69) is 98.0 Å². The van der Waals surface area contributed by atoms with Gasteiger partial charge >= 0.3 is 0 Å². The molecule has 182 valence electrons. The number of fused-ring (bicyclic) bond motifs is 1. The number of aromatic nitrogens is 1. The molecule has 5 rings (SSSR count). The van der Waals surface area contributed by atoms with Gasteiger partial charge in [0.1, 0.15) is 11.6 Å². The fraction of sp³-hybridized carbons (Fsp3) is 0.194. The van der Waals surface area contributed by atoms with Crippen LogP contribution in [0.15, 0.2) is 84.9 Å². The molecule has 0 fully saturated rings. The topological polar surface area (TPSA) is 43.4 Å². The van der Waals surface area contributed by atoms with Crippen molar-refractivity contribution in [2.75, 3.05) is 11.9 Å². The maximum absolute atomic E-state index is 6.08. The fourth-order valence-corrected chi connectivity index (χ4v) is 5.17. The Bertz CT molecular complexity index is 1470. The Morgan fingerprint density at radius 3 is 2.42 bits per heavy atom. The molecule has 5 heteroatoms. The van der Waals surface area contributed by atoms with Crippen molar-refractivity contribution in [1.82, 2.24) is 4.98 Å². The van der Waals surface area contributed by atoms with Gasteiger partial charge in [0.05, 0.1) is 16.8 Å². The highest BCUT2D eigenvalue weighted by Crippen LogP contribution is 2.32. The smallest absolute Gasteiger partial charge is 0.161 e. The number of rotatable bonds is 9. The molecule has 36 heavy (non-hydrogen) atoms. The van der Waals surface area contributed by atoms with Crippen molar-refractivity contribution in [2.24, 2.45) is 0 Å². The zero-order valence-corrected chi connectivity index (χ0v) is 21.7. The fourth-order valence-electron chi connectivity index (χ4n) is 4.10. The van der Waals surface area contributed by atoms with E-state index in [4.69, 9.17) is 14.5 Å². The van der Waals surface area contributed by atoms with Gasteiger partial charge in [-0.15, -0.1) is 11.3 Å². The maximum atomic E-state index is 6.08. The quantitative estimate of drug-likeness (QED) is 0.224. The minimum Gasteiger partial charge on any atom is -0.490 e. The molecule has 0 aliphatic heterocycles. The summed E-state index contributed by atoms with van der Waals surface area (Å²) >= 11 is 1.73. The molecule has 1 N–H and O–H groups in total. The first-order valence-electron chi connectivity index (χ1n) is 12.2. The number of anilines is 1. The lowest BCUT2D eigenvalue weighted by Crippen LogP contribution is -2.03. The van der Waals surface area contributed by atoms with Crippen molar-refractivity contribution in [3.05, 3.63) is 107 Å². The van der Waals surface area contributed by atoms with Gasteiger partial charge in [-0.1, -0.05) is 42.0 Å². The molecule has 0 bridgehead atoms. The molecule has 4 nitrogen and oxygen atoms in total. The lowest BCUT2D eigenvalue weighted by atomic mass is 10.1. The van der Waals surface area contributed by atoms with Crippen molar-refractivity contribution in [1.29, 1.82) is 0 Å². The molecule has 0 saturated carbocycles. The molecule has 0 aliphatic carbocycles. The molecule has 0 unspecified atom stereocenters. The summed E-state index contributed by atoms with van der Waals surface area (Å²) in [5.41, 5.74) is 8.02. The normalized spacial score (nSPS) is 11.0. The molecule has 0 aliphatic rings. The molecule has 0 radical (unpaired) electrons. The van der Waals surface area contributed by atoms with Gasteiger partial charge in [-0.2, -0.15) is 0 Å². The predicted octanol–water partition coefficient (Wildman–Crippen LogP) is 8.17. The van der Waals surface area contributed by atoms with E-state index < -0.39 is 0 Å². The Hall–Kier alpha value is -3.83. The van der Waals surface area contributed by atoms with Crippen molar-refractivity contribution < 1.29 is 9.47 Å².